The van der Waals surface area contributed by atoms with Crippen molar-refractivity contribution in [1.29, 1.82) is 5.41 Å². The first kappa shape index (κ1) is 30.0. The number of hydrogen-bond acceptors (Lipinski definition) is 8. The van der Waals surface area contributed by atoms with Crippen molar-refractivity contribution in [2.45, 2.75) is 18.9 Å². The molecule has 0 aliphatic carbocycles. The Hall–Kier alpha value is -3.97. The van der Waals surface area contributed by atoms with Crippen LogP contribution in [-0.4, -0.2) is 105 Å². The fourth-order valence-corrected chi connectivity index (χ4v) is 5.91. The van der Waals surface area contributed by atoms with E-state index in [1.807, 2.05) is 36.4 Å². The number of amides is 2. The molecule has 0 bridgehead atoms. The lowest BCUT2D eigenvalue weighted by Gasteiger charge is -2.35. The Kier molecular flexibility index (Phi) is 9.28. The maximum absolute atomic E-state index is 13.2. The van der Waals surface area contributed by atoms with E-state index in [0.29, 0.717) is 17.7 Å². The van der Waals surface area contributed by atoms with Crippen molar-refractivity contribution in [3.63, 3.8) is 0 Å². The van der Waals surface area contributed by atoms with Crippen molar-refractivity contribution >= 4 is 33.6 Å². The summed E-state index contributed by atoms with van der Waals surface area (Å²) in [4.78, 5) is 41.3. The highest BCUT2D eigenvalue weighted by Crippen LogP contribution is 2.29. The lowest BCUT2D eigenvalue weighted by atomic mass is 10.0. The van der Waals surface area contributed by atoms with Crippen LogP contribution in [0.4, 0.5) is 0 Å². The average Bonchev–Trinajstić information content (AvgIpc) is 3.25. The number of piperazine rings is 1. The maximum atomic E-state index is 13.2. The van der Waals surface area contributed by atoms with Gasteiger partial charge in [-0.05, 0) is 29.7 Å². The number of nitrogens with one attached hydrogen (secondary N) is 1. The molecule has 13 heteroatoms. The number of nitrogens with zero attached hydrogens (tertiary/aromatic N) is 3. The van der Waals surface area contributed by atoms with Gasteiger partial charge in [0.25, 0.3) is 0 Å². The van der Waals surface area contributed by atoms with Gasteiger partial charge in [-0.1, -0.05) is 36.4 Å². The van der Waals surface area contributed by atoms with Crippen LogP contribution in [0.3, 0.4) is 0 Å². The minimum atomic E-state index is -3.34. The number of nitrogens with two attached hydrogens (primary N) is 1. The Morgan fingerprint density at radius 2 is 1.59 bits per heavy atom. The predicted molar refractivity (Wildman–Crippen MR) is 152 cm³/mol. The second kappa shape index (κ2) is 12.7. The van der Waals surface area contributed by atoms with E-state index in [1.165, 1.54) is 16.3 Å². The Morgan fingerprint density at radius 3 is 2.12 bits per heavy atom. The Bertz CT molecular complexity index is 1390. The van der Waals surface area contributed by atoms with Crippen molar-refractivity contribution in [3.8, 4) is 16.9 Å². The summed E-state index contributed by atoms with van der Waals surface area (Å²) in [5.74, 6) is -1.12. The number of amidine groups is 1. The fourth-order valence-electron chi connectivity index (χ4n) is 5.08. The van der Waals surface area contributed by atoms with Crippen LogP contribution in [0.5, 0.6) is 5.75 Å². The zero-order chi connectivity index (χ0) is 29.7. The van der Waals surface area contributed by atoms with Crippen LogP contribution < -0.4 is 10.5 Å². The zero-order valence-electron chi connectivity index (χ0n) is 23.1. The third-order valence-electron chi connectivity index (χ3n) is 7.46. The zero-order valence-corrected chi connectivity index (χ0v) is 23.9. The summed E-state index contributed by atoms with van der Waals surface area (Å²) in [6.45, 7) is 0.832. The van der Waals surface area contributed by atoms with Gasteiger partial charge in [-0.3, -0.25) is 19.8 Å². The molecule has 2 heterocycles. The number of carbonyl (C=O) groups excluding carboxylic acids is 3. The van der Waals surface area contributed by atoms with E-state index >= 15 is 0 Å². The van der Waals surface area contributed by atoms with Gasteiger partial charge in [-0.2, -0.15) is 4.31 Å². The van der Waals surface area contributed by atoms with Crippen molar-refractivity contribution in [2.24, 2.45) is 11.7 Å². The van der Waals surface area contributed by atoms with Crippen molar-refractivity contribution < 1.29 is 32.3 Å². The van der Waals surface area contributed by atoms with Gasteiger partial charge >= 0.3 is 5.97 Å². The molecule has 12 nitrogen and oxygen atoms in total. The monoisotopic (exact) mass is 585 g/mol. The predicted octanol–water partition coefficient (Wildman–Crippen LogP) is 0.900. The van der Waals surface area contributed by atoms with Crippen molar-refractivity contribution in [2.75, 3.05) is 52.7 Å². The molecule has 0 radical (unpaired) electrons. The molecule has 0 saturated carbocycles. The topological polar surface area (TPSA) is 163 Å². The molecule has 4 rings (SSSR count). The highest BCUT2D eigenvalue weighted by Gasteiger charge is 2.42. The number of benzene rings is 2. The van der Waals surface area contributed by atoms with Crippen LogP contribution in [-0.2, 0) is 29.1 Å². The maximum Gasteiger partial charge on any atom is 0.306 e. The van der Waals surface area contributed by atoms with Gasteiger partial charge in [0.05, 0.1) is 31.7 Å². The molecule has 2 aromatic carbocycles. The van der Waals surface area contributed by atoms with Crippen molar-refractivity contribution in [1.82, 2.24) is 14.1 Å². The summed E-state index contributed by atoms with van der Waals surface area (Å²) in [6.07, 6.45) is 1.39. The van der Waals surface area contributed by atoms with Crippen LogP contribution in [0.25, 0.3) is 11.1 Å². The van der Waals surface area contributed by atoms with Crippen LogP contribution in [0.15, 0.2) is 48.5 Å². The summed E-state index contributed by atoms with van der Waals surface area (Å²) >= 11 is 0. The second-order valence-electron chi connectivity index (χ2n) is 10.2. The van der Waals surface area contributed by atoms with Gasteiger partial charge in [-0.25, -0.2) is 8.42 Å². The molecule has 0 unspecified atom stereocenters. The van der Waals surface area contributed by atoms with Gasteiger partial charge in [0.15, 0.2) is 0 Å². The molecular weight excluding hydrogens is 550 g/mol. The first-order valence-electron chi connectivity index (χ1n) is 13.2. The number of methoxy groups -OCH3 is 1. The van der Waals surface area contributed by atoms with Gasteiger partial charge in [0.2, 0.25) is 21.8 Å². The number of sulfonamides is 1. The molecule has 0 aromatic heterocycles. The molecule has 3 N–H and O–H groups in total. The summed E-state index contributed by atoms with van der Waals surface area (Å²) < 4.78 is 35.7. The standard InChI is InChI=1S/C28H35N5O7S/c1-39-26(35)16-22-15-23(33(28(22)36)17-25(34)31-11-13-32(14-12-31)41(2,37)38)18-40-24-9-7-20(8-10-24)19-3-5-21(6-4-19)27(29)30/h3-10,22-23H,11-18H2,1-2H3,(H3,29,30)/t22-,23-/m0/s1. The summed E-state index contributed by atoms with van der Waals surface area (Å²) in [5, 5.41) is 7.53. The van der Waals surface area contributed by atoms with E-state index in [9.17, 15) is 22.8 Å². The fraction of sp³-hybridized carbons (Fsp3) is 0.429. The second-order valence-corrected chi connectivity index (χ2v) is 12.2. The Labute approximate surface area is 239 Å². The normalized spacial score (nSPS) is 19.7. The Balaban J connectivity index is 1.40. The van der Waals surface area contributed by atoms with E-state index in [4.69, 9.17) is 20.6 Å². The molecule has 2 aliphatic heterocycles. The van der Waals surface area contributed by atoms with Crippen LogP contribution in [0.1, 0.15) is 18.4 Å². The largest absolute Gasteiger partial charge is 0.491 e. The Morgan fingerprint density at radius 1 is 1.00 bits per heavy atom. The molecule has 220 valence electrons. The molecular formula is C28H35N5O7S. The van der Waals surface area contributed by atoms with Gasteiger partial charge in [0.1, 0.15) is 24.7 Å². The quantitative estimate of drug-likeness (QED) is 0.236. The van der Waals surface area contributed by atoms with Gasteiger partial charge in [-0.15, -0.1) is 0 Å². The highest BCUT2D eigenvalue weighted by atomic mass is 32.2. The van der Waals surface area contributed by atoms with E-state index < -0.39 is 28.0 Å². The molecule has 2 aliphatic rings. The number of hydrogen-bond donors (Lipinski definition) is 2. The van der Waals surface area contributed by atoms with Crippen LogP contribution in [0, 0.1) is 11.3 Å². The van der Waals surface area contributed by atoms with Gasteiger partial charge in [0, 0.05) is 31.7 Å². The number of carbonyl (C=O) groups is 3. The SMILES string of the molecule is COC(=O)C[C@@H]1C[C@@H](COc2ccc(-c3ccc(C(=N)N)cc3)cc2)N(CC(=O)N2CCN(S(C)(=O)=O)CC2)C1=O. The molecule has 0 spiro atoms. The van der Waals surface area contributed by atoms with Crippen LogP contribution in [0.2, 0.25) is 0 Å². The summed E-state index contributed by atoms with van der Waals surface area (Å²) in [5.41, 5.74) is 8.07. The minimum absolute atomic E-state index is 0.00443. The van der Waals surface area contributed by atoms with Gasteiger partial charge < -0.3 is 25.0 Å². The van der Waals surface area contributed by atoms with E-state index in [2.05, 4.69) is 0 Å². The number of ether oxygens (including phenoxy) is 2. The minimum Gasteiger partial charge on any atom is -0.491 e. The average molecular weight is 586 g/mol. The van der Waals surface area contributed by atoms with E-state index in [1.54, 1.807) is 17.0 Å². The smallest absolute Gasteiger partial charge is 0.306 e. The van der Waals surface area contributed by atoms with Crippen molar-refractivity contribution in [3.05, 3.63) is 54.1 Å². The number of rotatable bonds is 10. The molecule has 2 saturated heterocycles. The number of esters is 1. The lowest BCUT2D eigenvalue weighted by Crippen LogP contribution is -2.53. The first-order chi connectivity index (χ1) is 19.5. The van der Waals surface area contributed by atoms with E-state index in [0.717, 1.165) is 17.4 Å². The summed E-state index contributed by atoms with van der Waals surface area (Å²) in [7, 11) is -2.07. The third kappa shape index (κ3) is 7.41. The first-order valence-corrected chi connectivity index (χ1v) is 15.1. The summed E-state index contributed by atoms with van der Waals surface area (Å²) in [6, 6.07) is 14.3. The molecule has 2 amide bonds. The van der Waals surface area contributed by atoms with E-state index in [-0.39, 0.29) is 63.4 Å². The number of likely N-dealkylation sites (tertiary alicyclic amines) is 1. The molecule has 2 aromatic rings. The third-order valence-corrected chi connectivity index (χ3v) is 8.77. The van der Waals surface area contributed by atoms with Crippen LogP contribution >= 0.6 is 0 Å². The highest BCUT2D eigenvalue weighted by molar-refractivity contribution is 7.88. The molecule has 41 heavy (non-hydrogen) atoms. The number of nitrogen functional groups attached to an aromatic ring is 1. The molecule has 2 atom stereocenters. The lowest BCUT2D eigenvalue weighted by molar-refractivity contribution is -0.146. The molecule has 2 fully saturated rings.